The molecule has 3 aromatic heterocycles. The van der Waals surface area contributed by atoms with Crippen molar-refractivity contribution in [3.05, 3.63) is 67.1 Å². The van der Waals surface area contributed by atoms with Gasteiger partial charge in [-0.1, -0.05) is 30.3 Å². The Labute approximate surface area is 131 Å². The predicted molar refractivity (Wildman–Crippen MR) is 94.2 cm³/mol. The molecular weight excluding hydrogens is 282 g/mol. The summed E-state index contributed by atoms with van der Waals surface area (Å²) in [6.45, 7) is 0. The van der Waals surface area contributed by atoms with Crippen LogP contribution in [0.3, 0.4) is 0 Å². The van der Waals surface area contributed by atoms with E-state index < -0.39 is 0 Å². The minimum atomic E-state index is 1.02. The number of nitrogens with zero attached hydrogens (tertiary/aromatic N) is 3. The molecule has 0 radical (unpaired) electrons. The Kier molecular flexibility index (Phi) is 1.86. The molecule has 0 bridgehead atoms. The molecule has 0 saturated heterocycles. The monoisotopic (exact) mass is 293 g/mol. The van der Waals surface area contributed by atoms with E-state index in [4.69, 9.17) is 4.98 Å². The maximum Gasteiger partial charge on any atom is 0.100 e. The van der Waals surface area contributed by atoms with E-state index in [-0.39, 0.29) is 0 Å². The third kappa shape index (κ3) is 1.30. The highest BCUT2D eigenvalue weighted by Crippen LogP contribution is 2.35. The van der Waals surface area contributed by atoms with Crippen molar-refractivity contribution >= 4 is 49.0 Å². The van der Waals surface area contributed by atoms with E-state index in [9.17, 15) is 0 Å². The first-order valence-electron chi connectivity index (χ1n) is 7.68. The van der Waals surface area contributed by atoms with Crippen molar-refractivity contribution in [3.8, 4) is 0 Å². The molecule has 3 aromatic carbocycles. The lowest BCUT2D eigenvalue weighted by molar-refractivity contribution is 1.22. The lowest BCUT2D eigenvalue weighted by Crippen LogP contribution is -1.93. The van der Waals surface area contributed by atoms with Crippen LogP contribution in [0.15, 0.2) is 67.1 Å². The van der Waals surface area contributed by atoms with Crippen molar-refractivity contribution in [2.75, 3.05) is 0 Å². The van der Waals surface area contributed by atoms with Crippen LogP contribution in [0, 0.1) is 0 Å². The third-order valence-electron chi connectivity index (χ3n) is 4.82. The Balaban J connectivity index is 2.05. The number of imidazole rings is 1. The van der Waals surface area contributed by atoms with E-state index >= 15 is 0 Å². The van der Waals surface area contributed by atoms with E-state index in [2.05, 4.69) is 64.0 Å². The van der Waals surface area contributed by atoms with Gasteiger partial charge in [-0.05, 0) is 40.4 Å². The van der Waals surface area contributed by atoms with Gasteiger partial charge in [-0.3, -0.25) is 9.38 Å². The average Bonchev–Trinajstić information content (AvgIpc) is 3.04. The van der Waals surface area contributed by atoms with Gasteiger partial charge < -0.3 is 0 Å². The molecule has 0 spiro atoms. The Bertz CT molecular complexity index is 1360. The maximum absolute atomic E-state index is 4.71. The van der Waals surface area contributed by atoms with Crippen molar-refractivity contribution in [3.63, 3.8) is 0 Å². The number of fused-ring (bicyclic) bond motifs is 4. The molecule has 3 heteroatoms. The van der Waals surface area contributed by atoms with E-state index in [0.717, 1.165) is 22.1 Å². The van der Waals surface area contributed by atoms with E-state index in [0.29, 0.717) is 0 Å². The molecular formula is C20H11N3. The van der Waals surface area contributed by atoms with Crippen LogP contribution in [-0.2, 0) is 0 Å². The van der Waals surface area contributed by atoms with Crippen LogP contribution >= 0.6 is 0 Å². The zero-order chi connectivity index (χ0) is 15.0. The fourth-order valence-corrected chi connectivity index (χ4v) is 3.77. The molecule has 0 aliphatic heterocycles. The number of hydrogen-bond donors (Lipinski definition) is 0. The zero-order valence-corrected chi connectivity index (χ0v) is 12.2. The van der Waals surface area contributed by atoms with Crippen molar-refractivity contribution in [2.45, 2.75) is 0 Å². The second-order valence-electron chi connectivity index (χ2n) is 6.02. The van der Waals surface area contributed by atoms with Crippen LogP contribution in [0.4, 0.5) is 0 Å². The van der Waals surface area contributed by atoms with Gasteiger partial charge in [0.1, 0.15) is 6.33 Å². The summed E-state index contributed by atoms with van der Waals surface area (Å²) < 4.78 is 2.20. The van der Waals surface area contributed by atoms with Crippen molar-refractivity contribution in [1.29, 1.82) is 0 Å². The molecule has 6 rings (SSSR count). The Morgan fingerprint density at radius 1 is 0.783 bits per heavy atom. The summed E-state index contributed by atoms with van der Waals surface area (Å²) in [5.74, 6) is 0. The maximum atomic E-state index is 4.71. The summed E-state index contributed by atoms with van der Waals surface area (Å²) in [5, 5.41) is 6.06. The Morgan fingerprint density at radius 2 is 1.65 bits per heavy atom. The van der Waals surface area contributed by atoms with Gasteiger partial charge >= 0.3 is 0 Å². The lowest BCUT2D eigenvalue weighted by Gasteiger charge is -2.11. The van der Waals surface area contributed by atoms with Gasteiger partial charge in [0, 0.05) is 17.0 Å². The normalized spacial score (nSPS) is 12.3. The molecule has 106 valence electrons. The van der Waals surface area contributed by atoms with Crippen molar-refractivity contribution < 1.29 is 0 Å². The number of hydrogen-bond acceptors (Lipinski definition) is 2. The number of rotatable bonds is 0. The topological polar surface area (TPSA) is 30.2 Å². The molecule has 0 aliphatic carbocycles. The standard InChI is InChI=1S/C20H11N3/c1-2-4-14-10-17-15(9-13(14)3-1)19-18-12(7-8-21-19)5-6-16-20(18)23(17)11-22-16/h1-11H. The zero-order valence-electron chi connectivity index (χ0n) is 12.2. The van der Waals surface area contributed by atoms with Crippen LogP contribution in [0.25, 0.3) is 49.0 Å². The molecule has 0 amide bonds. The summed E-state index contributed by atoms with van der Waals surface area (Å²) in [5.41, 5.74) is 4.39. The van der Waals surface area contributed by atoms with Crippen molar-refractivity contribution in [1.82, 2.24) is 14.4 Å². The van der Waals surface area contributed by atoms with Gasteiger partial charge in [0.25, 0.3) is 0 Å². The smallest absolute Gasteiger partial charge is 0.100 e. The molecule has 23 heavy (non-hydrogen) atoms. The van der Waals surface area contributed by atoms with Crippen LogP contribution < -0.4 is 0 Å². The summed E-state index contributed by atoms with van der Waals surface area (Å²) in [7, 11) is 0. The highest BCUT2D eigenvalue weighted by Gasteiger charge is 2.15. The number of aromatic nitrogens is 3. The first kappa shape index (κ1) is 11.4. The van der Waals surface area contributed by atoms with E-state index in [1.165, 1.54) is 26.9 Å². The quantitative estimate of drug-likeness (QED) is 0.298. The third-order valence-corrected chi connectivity index (χ3v) is 4.82. The predicted octanol–water partition coefficient (Wildman–Crippen LogP) is 4.78. The van der Waals surface area contributed by atoms with Gasteiger partial charge in [-0.2, -0.15) is 0 Å². The number of pyridine rings is 2. The fraction of sp³-hybridized carbons (Fsp3) is 0. The van der Waals surface area contributed by atoms with Gasteiger partial charge in [0.2, 0.25) is 0 Å². The highest BCUT2D eigenvalue weighted by atomic mass is 15.0. The molecule has 0 atom stereocenters. The average molecular weight is 293 g/mol. The molecule has 3 nitrogen and oxygen atoms in total. The largest absolute Gasteiger partial charge is 0.297 e. The Morgan fingerprint density at radius 3 is 2.57 bits per heavy atom. The molecule has 0 aliphatic rings. The summed E-state index contributed by atoms with van der Waals surface area (Å²) >= 11 is 0. The minimum absolute atomic E-state index is 1.02. The molecule has 6 aromatic rings. The second kappa shape index (κ2) is 3.76. The molecule has 3 heterocycles. The van der Waals surface area contributed by atoms with Gasteiger partial charge in [-0.25, -0.2) is 4.98 Å². The first-order valence-corrected chi connectivity index (χ1v) is 7.68. The minimum Gasteiger partial charge on any atom is -0.297 e. The van der Waals surface area contributed by atoms with Crippen LogP contribution in [0.2, 0.25) is 0 Å². The molecule has 0 N–H and O–H groups in total. The van der Waals surface area contributed by atoms with Gasteiger partial charge in [0.15, 0.2) is 0 Å². The van der Waals surface area contributed by atoms with Crippen LogP contribution in [-0.4, -0.2) is 14.4 Å². The second-order valence-corrected chi connectivity index (χ2v) is 6.02. The highest BCUT2D eigenvalue weighted by molar-refractivity contribution is 6.22. The number of benzene rings is 3. The Hall–Kier alpha value is -3.20. The van der Waals surface area contributed by atoms with E-state index in [1.54, 1.807) is 0 Å². The van der Waals surface area contributed by atoms with Crippen LogP contribution in [0.5, 0.6) is 0 Å². The lowest BCUT2D eigenvalue weighted by atomic mass is 10.0. The summed E-state index contributed by atoms with van der Waals surface area (Å²) in [4.78, 5) is 9.29. The van der Waals surface area contributed by atoms with E-state index in [1.807, 2.05) is 12.5 Å². The molecule has 0 fully saturated rings. The fourth-order valence-electron chi connectivity index (χ4n) is 3.77. The van der Waals surface area contributed by atoms with Crippen LogP contribution in [0.1, 0.15) is 0 Å². The van der Waals surface area contributed by atoms with Crippen molar-refractivity contribution in [2.24, 2.45) is 0 Å². The molecule has 0 saturated carbocycles. The first-order chi connectivity index (χ1) is 11.4. The van der Waals surface area contributed by atoms with Gasteiger partial charge in [0.05, 0.1) is 22.1 Å². The SMILES string of the molecule is c1ccc2cc3c(cc2c1)c1nccc2ccc4ncn3c4c21. The summed E-state index contributed by atoms with van der Waals surface area (Å²) in [6, 6.07) is 19.2. The van der Waals surface area contributed by atoms with Gasteiger partial charge in [-0.15, -0.1) is 0 Å². The molecule has 0 unspecified atom stereocenters. The summed E-state index contributed by atoms with van der Waals surface area (Å²) in [6.07, 6.45) is 3.82.